The number of aryl methyl sites for hydroxylation is 1. The van der Waals surface area contributed by atoms with E-state index < -0.39 is 0 Å². The van der Waals surface area contributed by atoms with E-state index in [1.54, 1.807) is 12.1 Å². The summed E-state index contributed by atoms with van der Waals surface area (Å²) in [4.78, 5) is 0. The van der Waals surface area contributed by atoms with Gasteiger partial charge in [-0.3, -0.25) is 0 Å². The van der Waals surface area contributed by atoms with Crippen molar-refractivity contribution in [3.05, 3.63) is 102 Å². The van der Waals surface area contributed by atoms with Crippen molar-refractivity contribution in [1.29, 1.82) is 0 Å². The Kier molecular flexibility index (Phi) is 5.68. The summed E-state index contributed by atoms with van der Waals surface area (Å²) < 4.78 is 0. The first-order valence-electron chi connectivity index (χ1n) is 8.68. The molecule has 0 aliphatic heterocycles. The van der Waals surface area contributed by atoms with Crippen molar-refractivity contribution in [2.24, 2.45) is 0 Å². The van der Waals surface area contributed by atoms with Gasteiger partial charge in [0.05, 0.1) is 0 Å². The zero-order valence-corrected chi connectivity index (χ0v) is 13.9. The monoisotopic (exact) mass is 316 g/mol. The Labute approximate surface area is 144 Å². The van der Waals surface area contributed by atoms with Crippen LogP contribution in [0.5, 0.6) is 5.75 Å². The molecule has 0 bridgehead atoms. The summed E-state index contributed by atoms with van der Waals surface area (Å²) >= 11 is 0. The molecule has 0 aliphatic carbocycles. The van der Waals surface area contributed by atoms with Crippen LogP contribution in [0.4, 0.5) is 0 Å². The third-order valence-electron chi connectivity index (χ3n) is 4.55. The second-order valence-corrected chi connectivity index (χ2v) is 6.36. The summed E-state index contributed by atoms with van der Waals surface area (Å²) in [6.45, 7) is 0. The number of benzene rings is 3. The average molecular weight is 316 g/mol. The van der Waals surface area contributed by atoms with Gasteiger partial charge in [0.2, 0.25) is 0 Å². The van der Waals surface area contributed by atoms with Crippen LogP contribution in [0.3, 0.4) is 0 Å². The fraction of sp³-hybridized carbons (Fsp3) is 0.217. The van der Waals surface area contributed by atoms with Gasteiger partial charge in [-0.1, -0.05) is 72.8 Å². The van der Waals surface area contributed by atoms with Crippen molar-refractivity contribution in [3.63, 3.8) is 0 Å². The molecule has 0 aromatic heterocycles. The summed E-state index contributed by atoms with van der Waals surface area (Å²) in [5, 5.41) is 9.48. The number of phenolic OH excluding ortho intramolecular Hbond substituents is 1. The molecular weight excluding hydrogens is 292 g/mol. The molecule has 0 radical (unpaired) electrons. The van der Waals surface area contributed by atoms with E-state index in [9.17, 15) is 5.11 Å². The van der Waals surface area contributed by atoms with Crippen LogP contribution in [0.25, 0.3) is 0 Å². The third kappa shape index (κ3) is 4.73. The van der Waals surface area contributed by atoms with E-state index in [1.165, 1.54) is 29.5 Å². The Balaban J connectivity index is 1.67. The Bertz CT molecular complexity index is 717. The van der Waals surface area contributed by atoms with E-state index in [-0.39, 0.29) is 0 Å². The van der Waals surface area contributed by atoms with Crippen LogP contribution in [0.15, 0.2) is 84.9 Å². The van der Waals surface area contributed by atoms with Gasteiger partial charge in [-0.2, -0.15) is 0 Å². The summed E-state index contributed by atoms with van der Waals surface area (Å²) in [5.41, 5.74) is 4.09. The second-order valence-electron chi connectivity index (χ2n) is 6.36. The van der Waals surface area contributed by atoms with Crippen LogP contribution in [0, 0.1) is 0 Å². The molecule has 1 unspecified atom stereocenters. The largest absolute Gasteiger partial charge is 0.508 e. The van der Waals surface area contributed by atoms with Gasteiger partial charge in [-0.25, -0.2) is 0 Å². The molecular formula is C23H24O. The zero-order valence-electron chi connectivity index (χ0n) is 13.9. The highest BCUT2D eigenvalue weighted by atomic mass is 16.3. The first kappa shape index (κ1) is 16.3. The number of phenols is 1. The van der Waals surface area contributed by atoms with E-state index in [0.29, 0.717) is 11.7 Å². The molecule has 24 heavy (non-hydrogen) atoms. The lowest BCUT2D eigenvalue weighted by molar-refractivity contribution is 0.475. The molecule has 1 nitrogen and oxygen atoms in total. The molecule has 1 N–H and O–H groups in total. The van der Waals surface area contributed by atoms with Crippen LogP contribution in [-0.4, -0.2) is 5.11 Å². The Morgan fingerprint density at radius 1 is 0.667 bits per heavy atom. The number of rotatable bonds is 7. The van der Waals surface area contributed by atoms with Gasteiger partial charge >= 0.3 is 0 Å². The molecule has 3 aromatic carbocycles. The van der Waals surface area contributed by atoms with Crippen LogP contribution in [0.2, 0.25) is 0 Å². The van der Waals surface area contributed by atoms with Crippen molar-refractivity contribution in [3.8, 4) is 5.75 Å². The molecule has 0 amide bonds. The molecule has 1 atom stereocenters. The standard InChI is InChI=1S/C23H24O/c24-23-16-14-20(15-17-23)18-22(21-11-5-2-6-12-21)13-7-10-19-8-3-1-4-9-19/h1-6,8-9,11-12,14-17,22,24H,7,10,13,18H2. The lowest BCUT2D eigenvalue weighted by Crippen LogP contribution is -2.04. The van der Waals surface area contributed by atoms with Gasteiger partial charge in [0.1, 0.15) is 5.75 Å². The Morgan fingerprint density at radius 3 is 1.96 bits per heavy atom. The van der Waals surface area contributed by atoms with Gasteiger partial charge in [-0.15, -0.1) is 0 Å². The molecule has 3 aromatic rings. The lowest BCUT2D eigenvalue weighted by atomic mass is 9.87. The van der Waals surface area contributed by atoms with Crippen LogP contribution in [-0.2, 0) is 12.8 Å². The lowest BCUT2D eigenvalue weighted by Gasteiger charge is -2.18. The molecule has 0 saturated heterocycles. The zero-order chi connectivity index (χ0) is 16.6. The maximum atomic E-state index is 9.48. The van der Waals surface area contributed by atoms with E-state index in [2.05, 4.69) is 60.7 Å². The highest BCUT2D eigenvalue weighted by molar-refractivity contribution is 5.29. The third-order valence-corrected chi connectivity index (χ3v) is 4.55. The van der Waals surface area contributed by atoms with Crippen LogP contribution < -0.4 is 0 Å². The van der Waals surface area contributed by atoms with E-state index in [1.807, 2.05) is 12.1 Å². The normalized spacial score (nSPS) is 12.0. The minimum Gasteiger partial charge on any atom is -0.508 e. The van der Waals surface area contributed by atoms with Gasteiger partial charge in [0.25, 0.3) is 0 Å². The molecule has 3 rings (SSSR count). The van der Waals surface area contributed by atoms with Crippen molar-refractivity contribution in [2.75, 3.05) is 0 Å². The minimum atomic E-state index is 0.332. The average Bonchev–Trinajstić information content (AvgIpc) is 2.64. The summed E-state index contributed by atoms with van der Waals surface area (Å²) in [6.07, 6.45) is 4.49. The second kappa shape index (κ2) is 8.35. The van der Waals surface area contributed by atoms with E-state index in [4.69, 9.17) is 0 Å². The van der Waals surface area contributed by atoms with Crippen molar-refractivity contribution in [2.45, 2.75) is 31.6 Å². The molecule has 0 aliphatic rings. The summed E-state index contributed by atoms with van der Waals surface area (Å²) in [7, 11) is 0. The highest BCUT2D eigenvalue weighted by Crippen LogP contribution is 2.27. The first-order chi connectivity index (χ1) is 11.8. The van der Waals surface area contributed by atoms with Gasteiger partial charge < -0.3 is 5.11 Å². The predicted octanol–water partition coefficient (Wildman–Crippen LogP) is 5.74. The minimum absolute atomic E-state index is 0.332. The van der Waals surface area contributed by atoms with Gasteiger partial charge in [0, 0.05) is 0 Å². The van der Waals surface area contributed by atoms with Crippen LogP contribution in [0.1, 0.15) is 35.4 Å². The Hall–Kier alpha value is -2.54. The topological polar surface area (TPSA) is 20.2 Å². The van der Waals surface area contributed by atoms with Gasteiger partial charge in [0.15, 0.2) is 0 Å². The maximum absolute atomic E-state index is 9.48. The maximum Gasteiger partial charge on any atom is 0.115 e. The smallest absolute Gasteiger partial charge is 0.115 e. The van der Waals surface area contributed by atoms with Crippen molar-refractivity contribution >= 4 is 0 Å². The van der Waals surface area contributed by atoms with E-state index >= 15 is 0 Å². The van der Waals surface area contributed by atoms with Crippen LogP contribution >= 0.6 is 0 Å². The first-order valence-corrected chi connectivity index (χ1v) is 8.68. The predicted molar refractivity (Wildman–Crippen MR) is 100 cm³/mol. The molecule has 122 valence electrons. The SMILES string of the molecule is Oc1ccc(CC(CCCc2ccccc2)c2ccccc2)cc1. The van der Waals surface area contributed by atoms with Crippen molar-refractivity contribution < 1.29 is 5.11 Å². The molecule has 1 heteroatoms. The van der Waals surface area contributed by atoms with E-state index in [0.717, 1.165) is 12.8 Å². The Morgan fingerprint density at radius 2 is 1.29 bits per heavy atom. The fourth-order valence-corrected chi connectivity index (χ4v) is 3.23. The number of hydrogen-bond acceptors (Lipinski definition) is 1. The molecule has 0 saturated carbocycles. The highest BCUT2D eigenvalue weighted by Gasteiger charge is 2.12. The number of aromatic hydroxyl groups is 1. The molecule has 0 heterocycles. The molecule has 0 spiro atoms. The van der Waals surface area contributed by atoms with Crippen molar-refractivity contribution in [1.82, 2.24) is 0 Å². The summed E-state index contributed by atoms with van der Waals surface area (Å²) in [6, 6.07) is 29.1. The van der Waals surface area contributed by atoms with Gasteiger partial charge in [-0.05, 0) is 60.4 Å². The fourth-order valence-electron chi connectivity index (χ4n) is 3.23. The number of hydrogen-bond donors (Lipinski definition) is 1. The summed E-state index contributed by atoms with van der Waals surface area (Å²) in [5.74, 6) is 0.846. The quantitative estimate of drug-likeness (QED) is 0.589. The molecule has 0 fully saturated rings.